The first-order valence-electron chi connectivity index (χ1n) is 8.74. The maximum atomic E-state index is 12.3. The number of hydrogen-bond acceptors (Lipinski definition) is 3. The van der Waals surface area contributed by atoms with Gasteiger partial charge in [-0.25, -0.2) is 0 Å². The highest BCUT2D eigenvalue weighted by Gasteiger charge is 2.19. The molecular weight excluding hydrogens is 328 g/mol. The molecule has 2 N–H and O–H groups in total. The highest BCUT2D eigenvalue weighted by Crippen LogP contribution is 2.24. The molecule has 0 radical (unpaired) electrons. The SMILES string of the molecule is CCOc1ccccc1NC(=O)C(=O)N[C@H](C)c1cc(C)c(C)cc1C. The number of nitrogens with one attached hydrogen (secondary N) is 2. The van der Waals surface area contributed by atoms with Crippen LogP contribution >= 0.6 is 0 Å². The lowest BCUT2D eigenvalue weighted by atomic mass is 9.96. The topological polar surface area (TPSA) is 67.4 Å². The third-order valence-electron chi connectivity index (χ3n) is 4.34. The largest absolute Gasteiger partial charge is 0.492 e. The van der Waals surface area contributed by atoms with Gasteiger partial charge in [-0.15, -0.1) is 0 Å². The van der Waals surface area contributed by atoms with Gasteiger partial charge in [0.25, 0.3) is 0 Å². The van der Waals surface area contributed by atoms with Crippen LogP contribution in [0.15, 0.2) is 36.4 Å². The Morgan fingerprint density at radius 3 is 2.35 bits per heavy atom. The van der Waals surface area contributed by atoms with E-state index < -0.39 is 11.8 Å². The number of ether oxygens (including phenoxy) is 1. The second kappa shape index (κ2) is 8.52. The predicted octanol–water partition coefficient (Wildman–Crippen LogP) is 3.83. The van der Waals surface area contributed by atoms with Gasteiger partial charge >= 0.3 is 11.8 Å². The third kappa shape index (κ3) is 4.63. The highest BCUT2D eigenvalue weighted by atomic mass is 16.5. The van der Waals surface area contributed by atoms with Crippen molar-refractivity contribution in [2.45, 2.75) is 40.7 Å². The van der Waals surface area contributed by atoms with Crippen LogP contribution in [0.25, 0.3) is 0 Å². The van der Waals surface area contributed by atoms with E-state index in [0.29, 0.717) is 18.0 Å². The number of carbonyl (C=O) groups excluding carboxylic acids is 2. The van der Waals surface area contributed by atoms with E-state index in [2.05, 4.69) is 29.7 Å². The molecule has 0 heterocycles. The van der Waals surface area contributed by atoms with Crippen LogP contribution in [0.3, 0.4) is 0 Å². The molecule has 2 rings (SSSR count). The number of aryl methyl sites for hydroxylation is 3. The van der Waals surface area contributed by atoms with Crippen LogP contribution < -0.4 is 15.4 Å². The monoisotopic (exact) mass is 354 g/mol. The lowest BCUT2D eigenvalue weighted by Gasteiger charge is -2.18. The zero-order chi connectivity index (χ0) is 19.3. The Morgan fingerprint density at radius 2 is 1.65 bits per heavy atom. The van der Waals surface area contributed by atoms with Gasteiger partial charge in [-0.3, -0.25) is 9.59 Å². The Morgan fingerprint density at radius 1 is 1.00 bits per heavy atom. The summed E-state index contributed by atoms with van der Waals surface area (Å²) < 4.78 is 5.46. The minimum Gasteiger partial charge on any atom is -0.492 e. The molecule has 0 aliphatic heterocycles. The van der Waals surface area contributed by atoms with E-state index >= 15 is 0 Å². The zero-order valence-electron chi connectivity index (χ0n) is 16.0. The molecule has 0 fully saturated rings. The first-order chi connectivity index (χ1) is 12.3. The van der Waals surface area contributed by atoms with E-state index in [1.807, 2.05) is 33.8 Å². The molecule has 2 aromatic rings. The van der Waals surface area contributed by atoms with Crippen molar-refractivity contribution in [1.82, 2.24) is 5.32 Å². The quantitative estimate of drug-likeness (QED) is 0.802. The molecule has 0 saturated heterocycles. The lowest BCUT2D eigenvalue weighted by molar-refractivity contribution is -0.136. The van der Waals surface area contributed by atoms with Crippen molar-refractivity contribution in [1.29, 1.82) is 0 Å². The number of rotatable bonds is 5. The number of amides is 2. The summed E-state index contributed by atoms with van der Waals surface area (Å²) in [6, 6.07) is 10.9. The van der Waals surface area contributed by atoms with Gasteiger partial charge in [-0.2, -0.15) is 0 Å². The first kappa shape index (κ1) is 19.5. The summed E-state index contributed by atoms with van der Waals surface area (Å²) in [7, 11) is 0. The number of para-hydroxylation sites is 2. The highest BCUT2D eigenvalue weighted by molar-refractivity contribution is 6.39. The fourth-order valence-corrected chi connectivity index (χ4v) is 2.82. The molecule has 1 atom stereocenters. The lowest BCUT2D eigenvalue weighted by Crippen LogP contribution is -2.37. The molecule has 0 bridgehead atoms. The van der Waals surface area contributed by atoms with E-state index in [0.717, 1.165) is 16.7 Å². The fraction of sp³-hybridized carbons (Fsp3) is 0.333. The van der Waals surface area contributed by atoms with Crippen LogP contribution in [0.5, 0.6) is 5.75 Å². The van der Waals surface area contributed by atoms with Gasteiger partial charge in [0, 0.05) is 0 Å². The average molecular weight is 354 g/mol. The Bertz CT molecular complexity index is 815. The van der Waals surface area contributed by atoms with Crippen molar-refractivity contribution in [2.75, 3.05) is 11.9 Å². The molecule has 0 spiro atoms. The smallest absolute Gasteiger partial charge is 0.313 e. The summed E-state index contributed by atoms with van der Waals surface area (Å²) in [4.78, 5) is 24.6. The predicted molar refractivity (Wildman–Crippen MR) is 103 cm³/mol. The first-order valence-corrected chi connectivity index (χ1v) is 8.74. The van der Waals surface area contributed by atoms with E-state index in [-0.39, 0.29) is 6.04 Å². The third-order valence-corrected chi connectivity index (χ3v) is 4.34. The Kier molecular flexibility index (Phi) is 6.39. The summed E-state index contributed by atoms with van der Waals surface area (Å²) in [5, 5.41) is 5.37. The maximum absolute atomic E-state index is 12.3. The van der Waals surface area contributed by atoms with Crippen molar-refractivity contribution in [3.05, 3.63) is 58.7 Å². The Balaban J connectivity index is 2.08. The zero-order valence-corrected chi connectivity index (χ0v) is 16.0. The Labute approximate surface area is 154 Å². The van der Waals surface area contributed by atoms with Gasteiger partial charge in [0.15, 0.2) is 0 Å². The molecule has 0 saturated carbocycles. The Hall–Kier alpha value is -2.82. The van der Waals surface area contributed by atoms with Crippen LogP contribution in [0.1, 0.15) is 42.1 Å². The van der Waals surface area contributed by atoms with Crippen molar-refractivity contribution in [2.24, 2.45) is 0 Å². The molecule has 2 aromatic carbocycles. The van der Waals surface area contributed by atoms with Gasteiger partial charge in [-0.1, -0.05) is 24.3 Å². The van der Waals surface area contributed by atoms with Gasteiger partial charge in [0.2, 0.25) is 0 Å². The van der Waals surface area contributed by atoms with E-state index in [9.17, 15) is 9.59 Å². The van der Waals surface area contributed by atoms with Crippen molar-refractivity contribution in [3.63, 3.8) is 0 Å². The van der Waals surface area contributed by atoms with Crippen LogP contribution in [0, 0.1) is 20.8 Å². The average Bonchev–Trinajstić information content (AvgIpc) is 2.59. The standard InChI is InChI=1S/C21H26N2O3/c1-6-26-19-10-8-7-9-18(19)23-21(25)20(24)22-16(5)17-12-14(3)13(2)11-15(17)4/h7-12,16H,6H2,1-5H3,(H,22,24)(H,23,25)/t16-/m1/s1. The van der Waals surface area contributed by atoms with E-state index in [1.54, 1.807) is 18.2 Å². The fourth-order valence-electron chi connectivity index (χ4n) is 2.82. The summed E-state index contributed by atoms with van der Waals surface area (Å²) in [6.07, 6.45) is 0. The molecule has 0 aliphatic carbocycles. The molecule has 2 amide bonds. The second-order valence-corrected chi connectivity index (χ2v) is 6.37. The molecule has 5 nitrogen and oxygen atoms in total. The number of hydrogen-bond donors (Lipinski definition) is 2. The maximum Gasteiger partial charge on any atom is 0.313 e. The summed E-state index contributed by atoms with van der Waals surface area (Å²) in [5.74, 6) is -0.860. The van der Waals surface area contributed by atoms with Gasteiger partial charge < -0.3 is 15.4 Å². The van der Waals surface area contributed by atoms with Crippen LogP contribution in [-0.2, 0) is 9.59 Å². The van der Waals surface area contributed by atoms with Crippen molar-refractivity contribution >= 4 is 17.5 Å². The van der Waals surface area contributed by atoms with Gasteiger partial charge in [0.1, 0.15) is 5.75 Å². The minimum atomic E-state index is -0.717. The summed E-state index contributed by atoms with van der Waals surface area (Å²) in [5.41, 5.74) is 4.92. The normalized spacial score (nSPS) is 11.6. The molecule has 26 heavy (non-hydrogen) atoms. The van der Waals surface area contributed by atoms with Crippen LogP contribution in [0.4, 0.5) is 5.69 Å². The van der Waals surface area contributed by atoms with Crippen LogP contribution in [0.2, 0.25) is 0 Å². The molecule has 0 aromatic heterocycles. The molecule has 138 valence electrons. The van der Waals surface area contributed by atoms with Gasteiger partial charge in [-0.05, 0) is 69.0 Å². The van der Waals surface area contributed by atoms with Crippen molar-refractivity contribution < 1.29 is 14.3 Å². The van der Waals surface area contributed by atoms with Gasteiger partial charge in [0.05, 0.1) is 18.3 Å². The van der Waals surface area contributed by atoms with Crippen LogP contribution in [-0.4, -0.2) is 18.4 Å². The molecule has 0 aliphatic rings. The summed E-state index contributed by atoms with van der Waals surface area (Å²) in [6.45, 7) is 10.3. The molecule has 5 heteroatoms. The number of anilines is 1. The molecular formula is C21H26N2O3. The minimum absolute atomic E-state index is 0.269. The summed E-state index contributed by atoms with van der Waals surface area (Å²) >= 11 is 0. The number of carbonyl (C=O) groups is 2. The number of benzene rings is 2. The molecule has 0 unspecified atom stereocenters. The second-order valence-electron chi connectivity index (χ2n) is 6.37. The van der Waals surface area contributed by atoms with E-state index in [4.69, 9.17) is 4.74 Å². The van der Waals surface area contributed by atoms with Crippen molar-refractivity contribution in [3.8, 4) is 5.75 Å². The van der Waals surface area contributed by atoms with E-state index in [1.165, 1.54) is 5.56 Å².